The quantitative estimate of drug-likeness (QED) is 0.376. The maximum absolute atomic E-state index is 9.62. The Balaban J connectivity index is 1.76. The molecule has 2 aliphatic rings. The third-order valence-electron chi connectivity index (χ3n) is 6.42. The lowest BCUT2D eigenvalue weighted by Crippen LogP contribution is -2.52. The summed E-state index contributed by atoms with van der Waals surface area (Å²) in [5.74, 6) is 2.10. The highest BCUT2D eigenvalue weighted by atomic mass is 28.3. The molecule has 0 bridgehead atoms. The average Bonchev–Trinajstić information content (AvgIpc) is 3.18. The van der Waals surface area contributed by atoms with Gasteiger partial charge in [0.2, 0.25) is 0 Å². The van der Waals surface area contributed by atoms with Gasteiger partial charge in [0.25, 0.3) is 0 Å². The van der Waals surface area contributed by atoms with Gasteiger partial charge in [-0.3, -0.25) is 0 Å². The Kier molecular flexibility index (Phi) is 7.99. The molecule has 36 heavy (non-hydrogen) atoms. The van der Waals surface area contributed by atoms with Crippen molar-refractivity contribution in [3.8, 4) is 17.1 Å². The topological polar surface area (TPSA) is 113 Å². The van der Waals surface area contributed by atoms with Crippen molar-refractivity contribution in [2.75, 3.05) is 25.1 Å². The van der Waals surface area contributed by atoms with E-state index in [9.17, 15) is 5.11 Å². The SMILES string of the molecule is Cc1c(NC2CCOCC2)nc(-c2cccc(OCC(C)O)c2)nc1C1=NNNC1(C)C[Si](C)(C)C. The van der Waals surface area contributed by atoms with Crippen LogP contribution >= 0.6 is 0 Å². The summed E-state index contributed by atoms with van der Waals surface area (Å²) in [5, 5.41) is 18.0. The zero-order valence-corrected chi connectivity index (χ0v) is 23.3. The highest BCUT2D eigenvalue weighted by Gasteiger charge is 2.41. The van der Waals surface area contributed by atoms with E-state index >= 15 is 0 Å². The molecule has 0 saturated carbocycles. The maximum Gasteiger partial charge on any atom is 0.162 e. The number of rotatable bonds is 9. The second-order valence-corrected chi connectivity index (χ2v) is 16.8. The molecule has 1 fully saturated rings. The van der Waals surface area contributed by atoms with Gasteiger partial charge in [0.05, 0.1) is 17.3 Å². The van der Waals surface area contributed by atoms with Crippen LogP contribution in [0.3, 0.4) is 0 Å². The molecule has 0 aliphatic carbocycles. The Hall–Kier alpha value is -2.53. The van der Waals surface area contributed by atoms with E-state index in [1.54, 1.807) is 6.92 Å². The summed E-state index contributed by atoms with van der Waals surface area (Å²) in [4.78, 5) is 10.0. The van der Waals surface area contributed by atoms with Crippen LogP contribution in [-0.4, -0.2) is 66.4 Å². The molecule has 3 heterocycles. The highest BCUT2D eigenvalue weighted by Crippen LogP contribution is 2.32. The molecule has 196 valence electrons. The summed E-state index contributed by atoms with van der Waals surface area (Å²) >= 11 is 0. The lowest BCUT2D eigenvalue weighted by Gasteiger charge is -2.32. The minimum atomic E-state index is -1.43. The predicted octanol–water partition coefficient (Wildman–Crippen LogP) is 3.71. The second-order valence-electron chi connectivity index (χ2n) is 11.4. The van der Waals surface area contributed by atoms with Crippen LogP contribution in [0.5, 0.6) is 5.75 Å². The molecule has 4 N–H and O–H groups in total. The summed E-state index contributed by atoms with van der Waals surface area (Å²) in [6, 6.07) is 9.01. The van der Waals surface area contributed by atoms with Crippen LogP contribution < -0.4 is 21.0 Å². The van der Waals surface area contributed by atoms with Gasteiger partial charge < -0.3 is 19.9 Å². The molecule has 9 nitrogen and oxygen atoms in total. The zero-order chi connectivity index (χ0) is 25.9. The van der Waals surface area contributed by atoms with Crippen LogP contribution in [0.4, 0.5) is 5.82 Å². The van der Waals surface area contributed by atoms with Crippen LogP contribution in [0.25, 0.3) is 11.4 Å². The molecule has 0 spiro atoms. The minimum Gasteiger partial charge on any atom is -0.491 e. The number of nitrogens with one attached hydrogen (secondary N) is 3. The van der Waals surface area contributed by atoms with Crippen molar-refractivity contribution in [2.45, 2.75) is 77.0 Å². The number of aliphatic hydroxyl groups is 1. The first-order valence-electron chi connectivity index (χ1n) is 12.8. The first kappa shape index (κ1) is 26.5. The van der Waals surface area contributed by atoms with E-state index in [1.807, 2.05) is 24.3 Å². The standard InChI is InChI=1S/C26H40N6O3Si/c1-17(33)15-35-21-9-7-8-19(14-21)25-28-22(23-26(3,31-32-30-23)16-36(4,5)6)18(2)24(29-25)27-20-10-12-34-13-11-20/h7-9,14,17,20,31-33H,10-13,15-16H2,1-6H3,(H,27,28,29). The minimum absolute atomic E-state index is 0.225. The van der Waals surface area contributed by atoms with Gasteiger partial charge in [0, 0.05) is 38.5 Å². The van der Waals surface area contributed by atoms with E-state index in [4.69, 9.17) is 19.4 Å². The van der Waals surface area contributed by atoms with Gasteiger partial charge in [0.15, 0.2) is 5.82 Å². The van der Waals surface area contributed by atoms with E-state index in [-0.39, 0.29) is 12.1 Å². The first-order chi connectivity index (χ1) is 17.0. The van der Waals surface area contributed by atoms with Gasteiger partial charge in [-0.25, -0.2) is 20.9 Å². The third-order valence-corrected chi connectivity index (χ3v) is 8.19. The lowest BCUT2D eigenvalue weighted by molar-refractivity contribution is 0.0903. The van der Waals surface area contributed by atoms with Gasteiger partial charge >= 0.3 is 0 Å². The van der Waals surface area contributed by atoms with Crippen molar-refractivity contribution in [1.82, 2.24) is 20.9 Å². The smallest absolute Gasteiger partial charge is 0.162 e. The largest absolute Gasteiger partial charge is 0.491 e. The number of hydrogen-bond acceptors (Lipinski definition) is 9. The van der Waals surface area contributed by atoms with Crippen LogP contribution in [-0.2, 0) is 4.74 Å². The van der Waals surface area contributed by atoms with Crippen LogP contribution in [0.15, 0.2) is 29.4 Å². The Morgan fingerprint density at radius 3 is 2.69 bits per heavy atom. The number of benzene rings is 1. The fraction of sp³-hybridized carbons (Fsp3) is 0.577. The van der Waals surface area contributed by atoms with Crippen molar-refractivity contribution in [1.29, 1.82) is 0 Å². The second kappa shape index (κ2) is 10.8. The number of nitrogens with zero attached hydrogens (tertiary/aromatic N) is 3. The van der Waals surface area contributed by atoms with Crippen molar-refractivity contribution in [3.63, 3.8) is 0 Å². The Labute approximate surface area is 215 Å². The number of hydrogen-bond donors (Lipinski definition) is 4. The molecule has 2 atom stereocenters. The van der Waals surface area contributed by atoms with E-state index in [2.05, 4.69) is 54.9 Å². The van der Waals surface area contributed by atoms with Crippen LogP contribution in [0.1, 0.15) is 37.9 Å². The summed E-state index contributed by atoms with van der Waals surface area (Å²) in [7, 11) is -1.43. The van der Waals surface area contributed by atoms with Crippen molar-refractivity contribution < 1.29 is 14.6 Å². The number of anilines is 1. The zero-order valence-electron chi connectivity index (χ0n) is 22.3. The number of hydrazone groups is 1. The Bertz CT molecular complexity index is 1100. The number of aliphatic hydroxyl groups excluding tert-OH is 1. The fourth-order valence-corrected chi connectivity index (χ4v) is 7.26. The van der Waals surface area contributed by atoms with E-state index in [0.29, 0.717) is 17.6 Å². The molecular weight excluding hydrogens is 472 g/mol. The summed E-state index contributed by atoms with van der Waals surface area (Å²) < 4.78 is 11.3. The molecule has 4 rings (SSSR count). The van der Waals surface area contributed by atoms with Gasteiger partial charge in [-0.15, -0.1) is 0 Å². The molecule has 1 aromatic heterocycles. The summed E-state index contributed by atoms with van der Waals surface area (Å²) in [6.07, 6.45) is 1.33. The Morgan fingerprint density at radius 1 is 1.25 bits per heavy atom. The van der Waals surface area contributed by atoms with E-state index < -0.39 is 14.2 Å². The van der Waals surface area contributed by atoms with Gasteiger partial charge in [-0.1, -0.05) is 31.8 Å². The summed E-state index contributed by atoms with van der Waals surface area (Å²) in [5.41, 5.74) is 9.67. The summed E-state index contributed by atoms with van der Waals surface area (Å²) in [6.45, 7) is 14.8. The number of hydrazine groups is 1. The average molecular weight is 513 g/mol. The molecule has 1 saturated heterocycles. The fourth-order valence-electron chi connectivity index (χ4n) is 4.89. The van der Waals surface area contributed by atoms with Crippen molar-refractivity contribution >= 4 is 19.6 Å². The lowest BCUT2D eigenvalue weighted by atomic mass is 9.94. The predicted molar refractivity (Wildman–Crippen MR) is 146 cm³/mol. The monoisotopic (exact) mass is 512 g/mol. The normalized spacial score (nSPS) is 21.6. The highest BCUT2D eigenvalue weighted by molar-refractivity contribution is 6.76. The van der Waals surface area contributed by atoms with Crippen LogP contribution in [0, 0.1) is 6.92 Å². The van der Waals surface area contributed by atoms with E-state index in [0.717, 1.165) is 60.4 Å². The van der Waals surface area contributed by atoms with Gasteiger partial charge in [-0.2, -0.15) is 5.10 Å². The first-order valence-corrected chi connectivity index (χ1v) is 16.5. The van der Waals surface area contributed by atoms with Crippen molar-refractivity contribution in [2.24, 2.45) is 5.10 Å². The van der Waals surface area contributed by atoms with Crippen LogP contribution in [0.2, 0.25) is 25.7 Å². The molecule has 1 aromatic carbocycles. The maximum atomic E-state index is 9.62. The molecule has 2 aliphatic heterocycles. The molecular formula is C26H40N6O3Si. The van der Waals surface area contributed by atoms with Crippen molar-refractivity contribution in [3.05, 3.63) is 35.5 Å². The Morgan fingerprint density at radius 2 is 2.00 bits per heavy atom. The van der Waals surface area contributed by atoms with Gasteiger partial charge in [-0.05, 0) is 51.8 Å². The number of ether oxygens (including phenoxy) is 2. The molecule has 10 heteroatoms. The molecule has 2 unspecified atom stereocenters. The third kappa shape index (κ3) is 6.42. The number of aromatic nitrogens is 2. The van der Waals surface area contributed by atoms with Gasteiger partial charge in [0.1, 0.15) is 23.9 Å². The van der Waals surface area contributed by atoms with E-state index in [1.165, 1.54) is 0 Å². The molecule has 2 aromatic rings. The molecule has 0 radical (unpaired) electrons. The molecule has 0 amide bonds.